The van der Waals surface area contributed by atoms with Crippen molar-refractivity contribution in [1.29, 1.82) is 0 Å². The maximum atomic E-state index is 13.6. The van der Waals surface area contributed by atoms with E-state index in [0.29, 0.717) is 28.1 Å². The molecule has 1 aromatic heterocycles. The first-order valence-corrected chi connectivity index (χ1v) is 11.1. The molecular formula is C27H22F2N4O2. The average molecular weight is 472 g/mol. The zero-order chi connectivity index (χ0) is 24.7. The number of aromatic nitrogens is 2. The van der Waals surface area contributed by atoms with Gasteiger partial charge in [-0.1, -0.05) is 23.4 Å². The summed E-state index contributed by atoms with van der Waals surface area (Å²) in [5.41, 5.74) is 5.16. The zero-order valence-electron chi connectivity index (χ0n) is 19.3. The summed E-state index contributed by atoms with van der Waals surface area (Å²) in [6.45, 7) is 5.74. The number of urea groups is 1. The maximum absolute atomic E-state index is 13.6. The van der Waals surface area contributed by atoms with Gasteiger partial charge < -0.3 is 9.84 Å². The molecule has 1 unspecified atom stereocenters. The number of amides is 2. The summed E-state index contributed by atoms with van der Waals surface area (Å²) in [5, 5.41) is 7.08. The van der Waals surface area contributed by atoms with Gasteiger partial charge in [-0.15, -0.1) is 0 Å². The normalized spacial score (nSPS) is 16.0. The Hall–Kier alpha value is -4.33. The second kappa shape index (κ2) is 8.79. The Bertz CT molecular complexity index is 1420. The maximum Gasteiger partial charge on any atom is 0.326 e. The van der Waals surface area contributed by atoms with Crippen LogP contribution in [0.1, 0.15) is 35.5 Å². The molecule has 1 aliphatic heterocycles. The molecular weight excluding hydrogens is 450 g/mol. The van der Waals surface area contributed by atoms with Crippen LogP contribution >= 0.6 is 0 Å². The number of allylic oxidation sites excluding steroid dienone is 1. The van der Waals surface area contributed by atoms with E-state index in [1.807, 2.05) is 39.0 Å². The van der Waals surface area contributed by atoms with Crippen LogP contribution in [0.3, 0.4) is 0 Å². The molecule has 4 aromatic rings. The lowest BCUT2D eigenvalue weighted by atomic mass is 9.94. The van der Waals surface area contributed by atoms with Gasteiger partial charge in [-0.2, -0.15) is 4.98 Å². The van der Waals surface area contributed by atoms with Crippen LogP contribution in [-0.4, -0.2) is 16.2 Å². The number of rotatable bonds is 4. The molecule has 2 heterocycles. The number of carbonyl (C=O) groups is 1. The number of nitrogens with one attached hydrogen (secondary N) is 1. The highest BCUT2D eigenvalue weighted by Crippen LogP contribution is 2.39. The van der Waals surface area contributed by atoms with Crippen molar-refractivity contribution in [1.82, 2.24) is 15.5 Å². The average Bonchev–Trinajstić information content (AvgIpc) is 3.29. The first-order chi connectivity index (χ1) is 16.8. The topological polar surface area (TPSA) is 71.3 Å². The van der Waals surface area contributed by atoms with Crippen LogP contribution in [0.15, 0.2) is 77.0 Å². The molecule has 0 fully saturated rings. The van der Waals surface area contributed by atoms with Crippen molar-refractivity contribution in [3.8, 4) is 11.4 Å². The van der Waals surface area contributed by atoms with E-state index in [-0.39, 0.29) is 29.4 Å². The van der Waals surface area contributed by atoms with E-state index in [4.69, 9.17) is 4.52 Å². The molecule has 1 atom stereocenters. The molecule has 0 aliphatic carbocycles. The second-order valence-corrected chi connectivity index (χ2v) is 8.54. The van der Waals surface area contributed by atoms with Gasteiger partial charge in [-0.25, -0.2) is 13.6 Å². The molecule has 176 valence electrons. The number of anilines is 1. The van der Waals surface area contributed by atoms with Crippen LogP contribution in [0.25, 0.3) is 17.0 Å². The number of benzene rings is 3. The van der Waals surface area contributed by atoms with E-state index in [1.165, 1.54) is 24.3 Å². The van der Waals surface area contributed by atoms with Gasteiger partial charge in [0.05, 0.1) is 17.3 Å². The van der Waals surface area contributed by atoms with E-state index in [0.717, 1.165) is 11.1 Å². The largest absolute Gasteiger partial charge is 0.334 e. The fraction of sp³-hybridized carbons (Fsp3) is 0.148. The monoisotopic (exact) mass is 472 g/mol. The molecule has 5 rings (SSSR count). The fourth-order valence-corrected chi connectivity index (χ4v) is 4.37. The minimum absolute atomic E-state index is 0.200. The highest BCUT2D eigenvalue weighted by molar-refractivity contribution is 6.01. The first kappa shape index (κ1) is 22.5. The highest BCUT2D eigenvalue weighted by Gasteiger charge is 2.36. The van der Waals surface area contributed by atoms with E-state index in [9.17, 15) is 13.6 Å². The summed E-state index contributed by atoms with van der Waals surface area (Å²) in [6.07, 6.45) is 0. The Balaban J connectivity index is 1.66. The molecule has 1 aliphatic rings. The number of nitrogens with zero attached hydrogens (tertiary/aromatic N) is 3. The van der Waals surface area contributed by atoms with Gasteiger partial charge >= 0.3 is 6.03 Å². The third-order valence-electron chi connectivity index (χ3n) is 5.91. The standard InChI is InChI=1S/C27H22F2N4O2/c1-15-12-16(2)14-22(13-15)33-17(3)23(24(30-27(33)34)18-4-8-20(28)9-5-18)26-31-25(32-35-26)19-6-10-21(29)11-7-19/h4-14,24H,1-3H3,(H,30,34). The van der Waals surface area contributed by atoms with Gasteiger partial charge in [-0.05, 0) is 86.0 Å². The number of hydrogen-bond donors (Lipinski definition) is 1. The molecule has 2 amide bonds. The van der Waals surface area contributed by atoms with E-state index < -0.39 is 6.04 Å². The van der Waals surface area contributed by atoms with Crippen molar-refractivity contribution >= 4 is 17.3 Å². The predicted octanol–water partition coefficient (Wildman–Crippen LogP) is 6.33. The Morgan fingerprint density at radius 1 is 0.886 bits per heavy atom. The Labute approximate surface area is 200 Å². The number of carbonyl (C=O) groups excluding carboxylic acids is 1. The van der Waals surface area contributed by atoms with Gasteiger partial charge in [0.1, 0.15) is 11.6 Å². The highest BCUT2D eigenvalue weighted by atomic mass is 19.1. The van der Waals surface area contributed by atoms with E-state index >= 15 is 0 Å². The molecule has 0 spiro atoms. The van der Waals surface area contributed by atoms with Gasteiger partial charge in [0.15, 0.2) is 0 Å². The minimum Gasteiger partial charge on any atom is -0.334 e. The molecule has 8 heteroatoms. The van der Waals surface area contributed by atoms with E-state index in [2.05, 4.69) is 15.5 Å². The molecule has 0 bridgehead atoms. The van der Waals surface area contributed by atoms with Crippen molar-refractivity contribution in [2.75, 3.05) is 4.90 Å². The predicted molar refractivity (Wildman–Crippen MR) is 128 cm³/mol. The van der Waals surface area contributed by atoms with Crippen molar-refractivity contribution in [2.24, 2.45) is 0 Å². The van der Waals surface area contributed by atoms with E-state index in [1.54, 1.807) is 29.2 Å². The SMILES string of the molecule is CC1=C(c2nc(-c3ccc(F)cc3)no2)C(c2ccc(F)cc2)NC(=O)N1c1cc(C)cc(C)c1. The zero-order valence-corrected chi connectivity index (χ0v) is 19.3. The lowest BCUT2D eigenvalue weighted by molar-refractivity contribution is 0.244. The number of hydrogen-bond acceptors (Lipinski definition) is 4. The molecule has 3 aromatic carbocycles. The van der Waals surface area contributed by atoms with Crippen LogP contribution in [0.5, 0.6) is 0 Å². The van der Waals surface area contributed by atoms with Crippen molar-refractivity contribution in [3.05, 3.63) is 107 Å². The minimum atomic E-state index is -0.647. The van der Waals surface area contributed by atoms with Crippen LogP contribution in [-0.2, 0) is 0 Å². The molecule has 0 radical (unpaired) electrons. The number of aryl methyl sites for hydroxylation is 2. The number of halogens is 2. The summed E-state index contributed by atoms with van der Waals surface area (Å²) in [5.74, 6) is -0.267. The third-order valence-corrected chi connectivity index (χ3v) is 5.91. The van der Waals surface area contributed by atoms with Crippen LogP contribution in [0.4, 0.5) is 19.3 Å². The summed E-state index contributed by atoms with van der Waals surface area (Å²) in [4.78, 5) is 19.4. The quantitative estimate of drug-likeness (QED) is 0.377. The van der Waals surface area contributed by atoms with Crippen LogP contribution in [0, 0.1) is 25.5 Å². The first-order valence-electron chi connectivity index (χ1n) is 11.1. The summed E-state index contributed by atoms with van der Waals surface area (Å²) < 4.78 is 32.6. The fourth-order valence-electron chi connectivity index (χ4n) is 4.37. The van der Waals surface area contributed by atoms with Gasteiger partial charge in [0, 0.05) is 11.3 Å². The van der Waals surface area contributed by atoms with Crippen molar-refractivity contribution < 1.29 is 18.1 Å². The lowest BCUT2D eigenvalue weighted by Gasteiger charge is -2.35. The summed E-state index contributed by atoms with van der Waals surface area (Å²) in [7, 11) is 0. The summed E-state index contributed by atoms with van der Waals surface area (Å²) in [6, 6.07) is 16.5. The van der Waals surface area contributed by atoms with Crippen LogP contribution in [0.2, 0.25) is 0 Å². The van der Waals surface area contributed by atoms with Gasteiger partial charge in [0.2, 0.25) is 5.82 Å². The smallest absolute Gasteiger partial charge is 0.326 e. The molecule has 0 saturated carbocycles. The molecule has 1 N–H and O–H groups in total. The molecule has 35 heavy (non-hydrogen) atoms. The lowest BCUT2D eigenvalue weighted by Crippen LogP contribution is -2.46. The second-order valence-electron chi connectivity index (χ2n) is 8.54. The van der Waals surface area contributed by atoms with Gasteiger partial charge in [0.25, 0.3) is 5.89 Å². The van der Waals surface area contributed by atoms with Crippen molar-refractivity contribution in [2.45, 2.75) is 26.8 Å². The summed E-state index contributed by atoms with van der Waals surface area (Å²) >= 11 is 0. The van der Waals surface area contributed by atoms with Crippen molar-refractivity contribution in [3.63, 3.8) is 0 Å². The Morgan fingerprint density at radius 2 is 1.49 bits per heavy atom. The Kier molecular flexibility index (Phi) is 5.64. The van der Waals surface area contributed by atoms with Gasteiger partial charge in [-0.3, -0.25) is 4.90 Å². The molecule has 0 saturated heterocycles. The third kappa shape index (κ3) is 4.30. The molecule has 6 nitrogen and oxygen atoms in total. The van der Waals surface area contributed by atoms with Crippen LogP contribution < -0.4 is 10.2 Å². The Morgan fingerprint density at radius 3 is 2.11 bits per heavy atom.